The summed E-state index contributed by atoms with van der Waals surface area (Å²) in [7, 11) is -0.489. The molecule has 6 atom stereocenters. The summed E-state index contributed by atoms with van der Waals surface area (Å²) in [5, 5.41) is 7.44. The molecule has 4 aliphatic carbocycles. The monoisotopic (exact) mass is 533 g/mol. The predicted octanol–water partition coefficient (Wildman–Crippen LogP) is 4.79. The van der Waals surface area contributed by atoms with Crippen molar-refractivity contribution >= 4 is 29.8 Å². The van der Waals surface area contributed by atoms with Crippen LogP contribution in [0, 0.1) is 29.1 Å². The second-order valence-electron chi connectivity index (χ2n) is 13.9. The minimum atomic E-state index is -0.670. The Bertz CT molecular complexity index is 1240. The molecule has 39 heavy (non-hydrogen) atoms. The Balaban J connectivity index is 1.20. The van der Waals surface area contributed by atoms with Gasteiger partial charge in [-0.25, -0.2) is 0 Å². The van der Waals surface area contributed by atoms with Gasteiger partial charge in [0.25, 0.3) is 0 Å². The molecule has 2 aromatic rings. The van der Waals surface area contributed by atoms with E-state index in [1.807, 2.05) is 24.4 Å². The van der Waals surface area contributed by atoms with Crippen molar-refractivity contribution in [3.05, 3.63) is 36.0 Å². The molecular weight excluding hydrogens is 489 g/mol. The lowest BCUT2D eigenvalue weighted by Crippen LogP contribution is -2.65. The number of aromatic nitrogens is 1. The highest BCUT2D eigenvalue weighted by Gasteiger charge is 2.68. The zero-order valence-corrected chi connectivity index (χ0v) is 24.1. The average molecular weight is 534 g/mol. The number of nitrogens with one attached hydrogen (secondary N) is 3. The SMILES string of the molecule is CC(C)C[C@H](NC(=O)[C@H](Cc1c[nH]c2ccccc12)NC(=O)CC1CC1)B1O[C@@H]2C[C@@H]3C[C@@H](C3(C)C)[C@]2(C)O1. The minimum absolute atomic E-state index is 0.0493. The second kappa shape index (κ2) is 9.95. The quantitative estimate of drug-likeness (QED) is 0.383. The van der Waals surface area contributed by atoms with Gasteiger partial charge in [0, 0.05) is 29.9 Å². The van der Waals surface area contributed by atoms with E-state index in [1.54, 1.807) is 0 Å². The standard InChI is InChI=1S/C31H44BN3O4/c1-18(2)12-27(32-38-26-16-21-15-25(30(21,3)4)31(26,5)39-32)35-29(37)24(34-28(36)13-19-10-11-19)14-20-17-33-23-9-7-6-8-22(20)23/h6-9,17-19,21,24-27,33H,10-16H2,1-5H3,(H,34,36)(H,35,37)/t21-,24-,25-,26+,27-,31-/m0/s1. The summed E-state index contributed by atoms with van der Waals surface area (Å²) in [4.78, 5) is 30.1. The zero-order chi connectivity index (χ0) is 27.5. The van der Waals surface area contributed by atoms with Crippen LogP contribution in [0.25, 0.3) is 10.9 Å². The van der Waals surface area contributed by atoms with Crippen molar-refractivity contribution in [2.75, 3.05) is 0 Å². The molecule has 4 saturated carbocycles. The predicted molar refractivity (Wildman–Crippen MR) is 153 cm³/mol. The second-order valence-corrected chi connectivity index (χ2v) is 13.9. The smallest absolute Gasteiger partial charge is 0.404 e. The number of hydrogen-bond acceptors (Lipinski definition) is 4. The molecule has 5 aliphatic rings. The van der Waals surface area contributed by atoms with Gasteiger partial charge in [0.05, 0.1) is 17.6 Å². The van der Waals surface area contributed by atoms with E-state index in [2.05, 4.69) is 56.3 Å². The molecule has 0 unspecified atom stereocenters. The van der Waals surface area contributed by atoms with E-state index in [4.69, 9.17) is 9.31 Å². The molecule has 1 aromatic heterocycles. The molecule has 210 valence electrons. The molecule has 5 fully saturated rings. The molecule has 0 spiro atoms. The summed E-state index contributed by atoms with van der Waals surface area (Å²) in [5.41, 5.74) is 1.98. The van der Waals surface area contributed by atoms with Crippen molar-refractivity contribution in [1.82, 2.24) is 15.6 Å². The van der Waals surface area contributed by atoms with Gasteiger partial charge in [-0.1, -0.05) is 45.9 Å². The van der Waals surface area contributed by atoms with Crippen molar-refractivity contribution < 1.29 is 18.9 Å². The number of H-pyrrole nitrogens is 1. The van der Waals surface area contributed by atoms with Gasteiger partial charge in [0.2, 0.25) is 11.8 Å². The summed E-state index contributed by atoms with van der Waals surface area (Å²) in [6, 6.07) is 7.40. The minimum Gasteiger partial charge on any atom is -0.404 e. The van der Waals surface area contributed by atoms with Crippen molar-refractivity contribution in [3.63, 3.8) is 0 Å². The maximum atomic E-state index is 13.9. The summed E-state index contributed by atoms with van der Waals surface area (Å²) >= 11 is 0. The highest BCUT2D eigenvalue weighted by atomic mass is 16.7. The van der Waals surface area contributed by atoms with E-state index in [0.717, 1.165) is 42.1 Å². The van der Waals surface area contributed by atoms with Crippen LogP contribution < -0.4 is 10.6 Å². The van der Waals surface area contributed by atoms with E-state index in [1.165, 1.54) is 6.42 Å². The topological polar surface area (TPSA) is 92.5 Å². The van der Waals surface area contributed by atoms with Gasteiger partial charge in [0.1, 0.15) is 6.04 Å². The van der Waals surface area contributed by atoms with Crippen LogP contribution >= 0.6 is 0 Å². The van der Waals surface area contributed by atoms with Crippen molar-refractivity contribution in [1.29, 1.82) is 0 Å². The lowest BCUT2D eigenvalue weighted by Gasteiger charge is -2.64. The first-order valence-electron chi connectivity index (χ1n) is 15.0. The molecule has 7 nitrogen and oxygen atoms in total. The van der Waals surface area contributed by atoms with Gasteiger partial charge >= 0.3 is 7.12 Å². The van der Waals surface area contributed by atoms with Crippen LogP contribution in [0.2, 0.25) is 0 Å². The van der Waals surface area contributed by atoms with Crippen LogP contribution in [0.3, 0.4) is 0 Å². The molecular formula is C31H44BN3O4. The Labute approximate surface area is 232 Å². The highest BCUT2D eigenvalue weighted by molar-refractivity contribution is 6.48. The molecule has 1 saturated heterocycles. The van der Waals surface area contributed by atoms with E-state index >= 15 is 0 Å². The lowest BCUT2D eigenvalue weighted by molar-refractivity contribution is -0.199. The van der Waals surface area contributed by atoms with E-state index in [9.17, 15) is 9.59 Å². The molecule has 1 aliphatic heterocycles. The third-order valence-electron chi connectivity index (χ3n) is 10.3. The molecule has 2 heterocycles. The fourth-order valence-electron chi connectivity index (χ4n) is 7.67. The number of para-hydroxylation sites is 1. The molecule has 8 heteroatoms. The van der Waals surface area contributed by atoms with Gasteiger partial charge in [-0.2, -0.15) is 0 Å². The van der Waals surface area contributed by atoms with Crippen molar-refractivity contribution in [2.45, 2.75) is 103 Å². The van der Waals surface area contributed by atoms with Gasteiger partial charge in [-0.3, -0.25) is 9.59 Å². The molecule has 2 amide bonds. The summed E-state index contributed by atoms with van der Waals surface area (Å²) in [6.07, 6.45) is 8.06. The summed E-state index contributed by atoms with van der Waals surface area (Å²) in [6.45, 7) is 11.2. The number of benzene rings is 1. The average Bonchev–Trinajstić information content (AvgIpc) is 3.47. The first-order valence-corrected chi connectivity index (χ1v) is 15.0. The molecule has 0 radical (unpaired) electrons. The molecule has 7 rings (SSSR count). The van der Waals surface area contributed by atoms with E-state index < -0.39 is 13.2 Å². The van der Waals surface area contributed by atoms with Gasteiger partial charge in [0.15, 0.2) is 0 Å². The van der Waals surface area contributed by atoms with E-state index in [0.29, 0.717) is 36.5 Å². The fraction of sp³-hybridized carbons (Fsp3) is 0.677. The largest absolute Gasteiger partial charge is 0.481 e. The Morgan fingerprint density at radius 2 is 1.90 bits per heavy atom. The Morgan fingerprint density at radius 1 is 1.13 bits per heavy atom. The van der Waals surface area contributed by atoms with Gasteiger partial charge in [-0.05, 0) is 79.7 Å². The number of aromatic amines is 1. The van der Waals surface area contributed by atoms with Crippen molar-refractivity contribution in [3.8, 4) is 0 Å². The number of carbonyl (C=O) groups excluding carboxylic acids is 2. The number of carbonyl (C=O) groups is 2. The number of rotatable bonds is 10. The molecule has 2 bridgehead atoms. The Kier molecular flexibility index (Phi) is 6.86. The third-order valence-corrected chi connectivity index (χ3v) is 10.3. The first kappa shape index (κ1) is 26.9. The fourth-order valence-corrected chi connectivity index (χ4v) is 7.67. The first-order chi connectivity index (χ1) is 18.5. The maximum Gasteiger partial charge on any atom is 0.481 e. The number of fused-ring (bicyclic) bond motifs is 1. The highest BCUT2D eigenvalue weighted by Crippen LogP contribution is 2.65. The van der Waals surface area contributed by atoms with Crippen LogP contribution in [0.4, 0.5) is 0 Å². The third kappa shape index (κ3) is 5.03. The Morgan fingerprint density at radius 3 is 2.62 bits per heavy atom. The van der Waals surface area contributed by atoms with Crippen molar-refractivity contribution in [2.24, 2.45) is 29.1 Å². The van der Waals surface area contributed by atoms with Gasteiger partial charge in [-0.15, -0.1) is 0 Å². The zero-order valence-electron chi connectivity index (χ0n) is 24.1. The van der Waals surface area contributed by atoms with Crippen LogP contribution in [-0.2, 0) is 25.3 Å². The van der Waals surface area contributed by atoms with Gasteiger partial charge < -0.3 is 24.9 Å². The lowest BCUT2D eigenvalue weighted by atomic mass is 9.43. The molecule has 3 N–H and O–H groups in total. The van der Waals surface area contributed by atoms with Crippen LogP contribution in [0.1, 0.15) is 78.7 Å². The van der Waals surface area contributed by atoms with Crippen LogP contribution in [0.5, 0.6) is 0 Å². The van der Waals surface area contributed by atoms with Crippen LogP contribution in [-0.4, -0.2) is 47.6 Å². The van der Waals surface area contributed by atoms with Crippen LogP contribution in [0.15, 0.2) is 30.5 Å². The number of hydrogen-bond donors (Lipinski definition) is 3. The summed E-state index contributed by atoms with van der Waals surface area (Å²) < 4.78 is 13.3. The summed E-state index contributed by atoms with van der Waals surface area (Å²) in [5.74, 6) is 1.42. The normalized spacial score (nSPS) is 30.5. The Hall–Kier alpha value is -2.32. The van der Waals surface area contributed by atoms with E-state index in [-0.39, 0.29) is 34.9 Å². The molecule has 1 aromatic carbocycles. The number of amides is 2. The maximum absolute atomic E-state index is 13.9.